The van der Waals surface area contributed by atoms with Crippen LogP contribution in [-0.4, -0.2) is 22.7 Å². The molecule has 2 rings (SSSR count). The smallest absolute Gasteiger partial charge is 0.115 e. The highest BCUT2D eigenvalue weighted by Crippen LogP contribution is 2.33. The molecule has 0 saturated carbocycles. The van der Waals surface area contributed by atoms with Crippen LogP contribution in [0.5, 0.6) is 0 Å². The van der Waals surface area contributed by atoms with Gasteiger partial charge in [-0.2, -0.15) is 0 Å². The Hall–Kier alpha value is -0.940. The van der Waals surface area contributed by atoms with Crippen molar-refractivity contribution in [2.75, 3.05) is 13.2 Å². The summed E-state index contributed by atoms with van der Waals surface area (Å²) in [6, 6.07) is 0.129. The Morgan fingerprint density at radius 2 is 2.33 bits per heavy atom. The van der Waals surface area contributed by atoms with Gasteiger partial charge in [-0.3, -0.25) is 0 Å². The van der Waals surface area contributed by atoms with Crippen molar-refractivity contribution in [1.29, 1.82) is 0 Å². The van der Waals surface area contributed by atoms with E-state index in [0.29, 0.717) is 5.92 Å². The van der Waals surface area contributed by atoms with E-state index >= 15 is 0 Å². The summed E-state index contributed by atoms with van der Waals surface area (Å²) in [5.74, 6) is 1.43. The maximum Gasteiger partial charge on any atom is 0.115 e. The molecule has 4 nitrogen and oxygen atoms in total. The minimum atomic E-state index is 0.129. The van der Waals surface area contributed by atoms with E-state index < -0.39 is 0 Å². The second kappa shape index (κ2) is 6.29. The standard InChI is InChI=1S/C13H21N3OS/c1-4-7-14-12(10-6-5-8-17-10)13-11(9(2)3)15-16-18-13/h6,9,12,14H,4-5,7-8H2,1-3H3. The van der Waals surface area contributed by atoms with Crippen LogP contribution in [0.15, 0.2) is 11.8 Å². The molecule has 0 aromatic carbocycles. The molecule has 1 aromatic rings. The first kappa shape index (κ1) is 13.5. The summed E-state index contributed by atoms with van der Waals surface area (Å²) in [6.07, 6.45) is 4.28. The maximum absolute atomic E-state index is 5.72. The fraction of sp³-hybridized carbons (Fsp3) is 0.692. The average molecular weight is 267 g/mol. The van der Waals surface area contributed by atoms with E-state index in [4.69, 9.17) is 4.74 Å². The summed E-state index contributed by atoms with van der Waals surface area (Å²) in [6.45, 7) is 8.24. The highest BCUT2D eigenvalue weighted by atomic mass is 32.1. The lowest BCUT2D eigenvalue weighted by atomic mass is 10.0. The van der Waals surface area contributed by atoms with Gasteiger partial charge in [0.15, 0.2) is 0 Å². The van der Waals surface area contributed by atoms with Crippen LogP contribution >= 0.6 is 11.5 Å². The van der Waals surface area contributed by atoms with Gasteiger partial charge in [0.2, 0.25) is 0 Å². The Balaban J connectivity index is 2.24. The molecule has 1 N–H and O–H groups in total. The van der Waals surface area contributed by atoms with Gasteiger partial charge in [0.1, 0.15) is 11.8 Å². The zero-order valence-electron chi connectivity index (χ0n) is 11.3. The van der Waals surface area contributed by atoms with Gasteiger partial charge in [-0.1, -0.05) is 25.3 Å². The monoisotopic (exact) mass is 267 g/mol. The second-order valence-electron chi connectivity index (χ2n) is 4.81. The van der Waals surface area contributed by atoms with Gasteiger partial charge in [0.25, 0.3) is 0 Å². The molecule has 1 atom stereocenters. The van der Waals surface area contributed by atoms with Crippen LogP contribution in [0.1, 0.15) is 56.1 Å². The number of ether oxygens (including phenoxy) is 1. The van der Waals surface area contributed by atoms with Crippen LogP contribution < -0.4 is 5.32 Å². The largest absolute Gasteiger partial charge is 0.496 e. The van der Waals surface area contributed by atoms with Crippen molar-refractivity contribution in [3.05, 3.63) is 22.4 Å². The van der Waals surface area contributed by atoms with Gasteiger partial charge >= 0.3 is 0 Å². The van der Waals surface area contributed by atoms with E-state index in [9.17, 15) is 0 Å². The lowest BCUT2D eigenvalue weighted by Gasteiger charge is -2.19. The molecule has 0 fully saturated rings. The zero-order valence-corrected chi connectivity index (χ0v) is 12.1. The SMILES string of the molecule is CCCNC(C1=CCCO1)c1snnc1C(C)C. The summed E-state index contributed by atoms with van der Waals surface area (Å²) in [4.78, 5) is 1.20. The molecule has 18 heavy (non-hydrogen) atoms. The number of hydrogen-bond acceptors (Lipinski definition) is 5. The number of rotatable bonds is 6. The third-order valence-electron chi connectivity index (χ3n) is 2.96. The van der Waals surface area contributed by atoms with E-state index in [0.717, 1.165) is 37.4 Å². The van der Waals surface area contributed by atoms with E-state index in [1.807, 2.05) is 0 Å². The highest BCUT2D eigenvalue weighted by Gasteiger charge is 2.26. The summed E-state index contributed by atoms with van der Waals surface area (Å²) < 4.78 is 9.83. The Bertz CT molecular complexity index is 414. The summed E-state index contributed by atoms with van der Waals surface area (Å²) in [7, 11) is 0. The maximum atomic E-state index is 5.72. The molecule has 100 valence electrons. The van der Waals surface area contributed by atoms with Crippen molar-refractivity contribution in [2.24, 2.45) is 0 Å². The van der Waals surface area contributed by atoms with Crippen molar-refractivity contribution in [2.45, 2.75) is 45.6 Å². The average Bonchev–Trinajstić information content (AvgIpc) is 3.00. The normalized spacial score (nSPS) is 16.8. The first-order valence-electron chi connectivity index (χ1n) is 6.62. The van der Waals surface area contributed by atoms with Crippen LogP contribution in [0.2, 0.25) is 0 Å². The van der Waals surface area contributed by atoms with Crippen LogP contribution in [0.3, 0.4) is 0 Å². The molecule has 2 heterocycles. The van der Waals surface area contributed by atoms with Gasteiger partial charge in [-0.05, 0) is 36.5 Å². The van der Waals surface area contributed by atoms with Crippen LogP contribution in [0.25, 0.3) is 0 Å². The van der Waals surface area contributed by atoms with Crippen LogP contribution in [0, 0.1) is 0 Å². The fourth-order valence-electron chi connectivity index (χ4n) is 2.05. The number of hydrogen-bond donors (Lipinski definition) is 1. The van der Waals surface area contributed by atoms with E-state index in [1.54, 1.807) is 0 Å². The molecule has 0 saturated heterocycles. The van der Waals surface area contributed by atoms with Crippen molar-refractivity contribution in [3.63, 3.8) is 0 Å². The molecule has 0 aliphatic carbocycles. The molecule has 0 amide bonds. The number of nitrogens with one attached hydrogen (secondary N) is 1. The summed E-state index contributed by atoms with van der Waals surface area (Å²) >= 11 is 1.48. The molecule has 1 aromatic heterocycles. The lowest BCUT2D eigenvalue weighted by Crippen LogP contribution is -2.24. The molecule has 5 heteroatoms. The Morgan fingerprint density at radius 3 is 2.94 bits per heavy atom. The van der Waals surface area contributed by atoms with Gasteiger partial charge in [0.05, 0.1) is 17.2 Å². The molecule has 1 unspecified atom stereocenters. The highest BCUT2D eigenvalue weighted by molar-refractivity contribution is 7.05. The Kier molecular flexibility index (Phi) is 4.72. The molecule has 1 aliphatic rings. The van der Waals surface area contributed by atoms with Crippen molar-refractivity contribution in [1.82, 2.24) is 14.9 Å². The van der Waals surface area contributed by atoms with E-state index in [2.05, 4.69) is 41.8 Å². The molecule has 1 aliphatic heterocycles. The van der Waals surface area contributed by atoms with E-state index in [1.165, 1.54) is 16.4 Å². The minimum Gasteiger partial charge on any atom is -0.496 e. The quantitative estimate of drug-likeness (QED) is 0.860. The van der Waals surface area contributed by atoms with Gasteiger partial charge in [-0.15, -0.1) is 5.10 Å². The molecular weight excluding hydrogens is 246 g/mol. The van der Waals surface area contributed by atoms with E-state index in [-0.39, 0.29) is 6.04 Å². The number of aromatic nitrogens is 2. The topological polar surface area (TPSA) is 47.0 Å². The van der Waals surface area contributed by atoms with Crippen LogP contribution in [0.4, 0.5) is 0 Å². The van der Waals surface area contributed by atoms with Crippen LogP contribution in [-0.2, 0) is 4.74 Å². The van der Waals surface area contributed by atoms with Gasteiger partial charge < -0.3 is 10.1 Å². The molecular formula is C13H21N3OS. The number of nitrogens with zero attached hydrogens (tertiary/aromatic N) is 2. The first-order chi connectivity index (χ1) is 8.74. The third kappa shape index (κ3) is 2.90. The Morgan fingerprint density at radius 1 is 1.50 bits per heavy atom. The van der Waals surface area contributed by atoms with Crippen molar-refractivity contribution >= 4 is 11.5 Å². The summed E-state index contributed by atoms with van der Waals surface area (Å²) in [5.41, 5.74) is 1.09. The second-order valence-corrected chi connectivity index (χ2v) is 5.59. The fourth-order valence-corrected chi connectivity index (χ4v) is 2.95. The molecule has 0 spiro atoms. The summed E-state index contributed by atoms with van der Waals surface area (Å²) in [5, 5.41) is 7.81. The lowest BCUT2D eigenvalue weighted by molar-refractivity contribution is 0.216. The van der Waals surface area contributed by atoms with Crippen molar-refractivity contribution < 1.29 is 4.74 Å². The predicted octanol–water partition coefficient (Wildman–Crippen LogP) is 3.01. The third-order valence-corrected chi connectivity index (χ3v) is 3.77. The zero-order chi connectivity index (χ0) is 13.0. The van der Waals surface area contributed by atoms with Gasteiger partial charge in [-0.25, -0.2) is 0 Å². The minimum absolute atomic E-state index is 0.129. The van der Waals surface area contributed by atoms with Crippen molar-refractivity contribution in [3.8, 4) is 0 Å². The molecule has 0 radical (unpaired) electrons. The van der Waals surface area contributed by atoms with Gasteiger partial charge in [0, 0.05) is 6.42 Å². The Labute approximate surface area is 113 Å². The first-order valence-corrected chi connectivity index (χ1v) is 7.39. The predicted molar refractivity (Wildman–Crippen MR) is 73.7 cm³/mol. The molecule has 0 bridgehead atoms.